The highest BCUT2D eigenvalue weighted by molar-refractivity contribution is 5.44. The fourth-order valence-electron chi connectivity index (χ4n) is 1.21. The van der Waals surface area contributed by atoms with E-state index in [9.17, 15) is 8.78 Å². The molecule has 0 saturated carbocycles. The molecular weight excluding hydrogens is 186 g/mol. The highest BCUT2D eigenvalue weighted by Crippen LogP contribution is 2.24. The Kier molecular flexibility index (Phi) is 3.03. The van der Waals surface area contributed by atoms with Gasteiger partial charge in [-0.1, -0.05) is 6.92 Å². The minimum atomic E-state index is -0.811. The molecule has 0 amide bonds. The maximum Gasteiger partial charge on any atom is 0.149 e. The summed E-state index contributed by atoms with van der Waals surface area (Å²) >= 11 is 0. The summed E-state index contributed by atoms with van der Waals surface area (Å²) in [4.78, 5) is 0. The molecule has 1 rings (SSSR count). The van der Waals surface area contributed by atoms with Gasteiger partial charge in [-0.15, -0.1) is 0 Å². The number of nitrogen functional groups attached to an aromatic ring is 1. The molecule has 0 heterocycles. The topological polar surface area (TPSA) is 49.8 Å². The zero-order valence-corrected chi connectivity index (χ0v) is 7.72. The van der Waals surface area contributed by atoms with Crippen LogP contribution < -0.4 is 5.73 Å². The molecule has 4 heteroatoms. The molecule has 0 aliphatic heterocycles. The third-order valence-corrected chi connectivity index (χ3v) is 2.07. The number of hydrogen-bond donors (Lipinski definition) is 1. The lowest BCUT2D eigenvalue weighted by molar-refractivity contribution is 0.585. The SMILES string of the molecule is CCC(C#N)c1cc(F)c(N)c(F)c1. The van der Waals surface area contributed by atoms with E-state index in [1.807, 2.05) is 6.07 Å². The smallest absolute Gasteiger partial charge is 0.149 e. The van der Waals surface area contributed by atoms with Gasteiger partial charge in [0.05, 0.1) is 12.0 Å². The van der Waals surface area contributed by atoms with Gasteiger partial charge in [0.25, 0.3) is 0 Å². The zero-order valence-electron chi connectivity index (χ0n) is 7.72. The fourth-order valence-corrected chi connectivity index (χ4v) is 1.21. The van der Waals surface area contributed by atoms with Gasteiger partial charge in [-0.3, -0.25) is 0 Å². The summed E-state index contributed by atoms with van der Waals surface area (Å²) < 4.78 is 26.0. The lowest BCUT2D eigenvalue weighted by Gasteiger charge is -2.08. The van der Waals surface area contributed by atoms with Crippen molar-refractivity contribution >= 4 is 5.69 Å². The molecule has 74 valence electrons. The fraction of sp³-hybridized carbons (Fsp3) is 0.300. The van der Waals surface area contributed by atoms with Crippen molar-refractivity contribution in [3.63, 3.8) is 0 Å². The summed E-state index contributed by atoms with van der Waals surface area (Å²) in [5.74, 6) is -2.11. The molecule has 2 N–H and O–H groups in total. The quantitative estimate of drug-likeness (QED) is 0.739. The molecule has 0 aromatic heterocycles. The molecule has 0 bridgehead atoms. The summed E-state index contributed by atoms with van der Waals surface area (Å²) in [6.45, 7) is 1.78. The van der Waals surface area contributed by atoms with Gasteiger partial charge in [0.15, 0.2) is 0 Å². The molecule has 0 radical (unpaired) electrons. The lowest BCUT2D eigenvalue weighted by Crippen LogP contribution is -2.01. The monoisotopic (exact) mass is 196 g/mol. The van der Waals surface area contributed by atoms with Gasteiger partial charge in [-0.2, -0.15) is 5.26 Å². The third kappa shape index (κ3) is 1.82. The maximum absolute atomic E-state index is 13.0. The molecule has 0 saturated heterocycles. The summed E-state index contributed by atoms with van der Waals surface area (Å²) in [7, 11) is 0. The Labute approximate surface area is 81.0 Å². The predicted octanol–water partition coefficient (Wildman–Crippen LogP) is 2.56. The first kappa shape index (κ1) is 10.5. The van der Waals surface area contributed by atoms with E-state index in [0.29, 0.717) is 12.0 Å². The number of nitrogens with zero attached hydrogens (tertiary/aromatic N) is 1. The van der Waals surface area contributed by atoms with E-state index in [1.165, 1.54) is 0 Å². The normalized spacial score (nSPS) is 12.1. The second kappa shape index (κ2) is 4.05. The Hall–Kier alpha value is -1.63. The highest BCUT2D eigenvalue weighted by Gasteiger charge is 2.13. The van der Waals surface area contributed by atoms with Crippen LogP contribution in [0.1, 0.15) is 24.8 Å². The van der Waals surface area contributed by atoms with Crippen molar-refractivity contribution in [2.24, 2.45) is 0 Å². The Morgan fingerprint density at radius 3 is 2.29 bits per heavy atom. The minimum absolute atomic E-state index is 0.333. The van der Waals surface area contributed by atoms with Crippen LogP contribution in [0, 0.1) is 23.0 Å². The second-order valence-corrected chi connectivity index (χ2v) is 2.99. The Bertz CT molecular complexity index is 359. The third-order valence-electron chi connectivity index (χ3n) is 2.07. The first-order chi connectivity index (χ1) is 6.60. The summed E-state index contributed by atoms with van der Waals surface area (Å²) in [6, 6.07) is 4.18. The first-order valence-electron chi connectivity index (χ1n) is 4.24. The largest absolute Gasteiger partial charge is 0.394 e. The Balaban J connectivity index is 3.19. The van der Waals surface area contributed by atoms with Crippen molar-refractivity contribution in [3.8, 4) is 6.07 Å². The molecule has 0 aliphatic carbocycles. The molecule has 2 nitrogen and oxygen atoms in total. The number of nitriles is 1. The maximum atomic E-state index is 13.0. The molecule has 0 spiro atoms. The molecular formula is C10H10F2N2. The van der Waals surface area contributed by atoms with Crippen LogP contribution in [0.3, 0.4) is 0 Å². The van der Waals surface area contributed by atoms with Gasteiger partial charge >= 0.3 is 0 Å². The molecule has 0 aliphatic rings. The van der Waals surface area contributed by atoms with Crippen molar-refractivity contribution < 1.29 is 8.78 Å². The lowest BCUT2D eigenvalue weighted by atomic mass is 9.97. The highest BCUT2D eigenvalue weighted by atomic mass is 19.1. The van der Waals surface area contributed by atoms with E-state index >= 15 is 0 Å². The van der Waals surface area contributed by atoms with Crippen molar-refractivity contribution in [1.82, 2.24) is 0 Å². The van der Waals surface area contributed by atoms with E-state index in [-0.39, 0.29) is 0 Å². The van der Waals surface area contributed by atoms with Crippen molar-refractivity contribution in [2.45, 2.75) is 19.3 Å². The summed E-state index contributed by atoms with van der Waals surface area (Å²) in [6.07, 6.45) is 0.513. The van der Waals surface area contributed by atoms with Crippen LogP contribution in [0.2, 0.25) is 0 Å². The van der Waals surface area contributed by atoms with Crippen LogP contribution in [-0.2, 0) is 0 Å². The van der Waals surface area contributed by atoms with Crippen LogP contribution >= 0.6 is 0 Å². The van der Waals surface area contributed by atoms with Crippen molar-refractivity contribution in [3.05, 3.63) is 29.3 Å². The van der Waals surface area contributed by atoms with Gasteiger partial charge < -0.3 is 5.73 Å². The van der Waals surface area contributed by atoms with E-state index in [0.717, 1.165) is 12.1 Å². The Morgan fingerprint density at radius 2 is 1.93 bits per heavy atom. The molecule has 1 aromatic carbocycles. The van der Waals surface area contributed by atoms with Gasteiger partial charge in [-0.25, -0.2) is 8.78 Å². The van der Waals surface area contributed by atoms with E-state index in [4.69, 9.17) is 11.0 Å². The van der Waals surface area contributed by atoms with Crippen LogP contribution in [0.4, 0.5) is 14.5 Å². The molecule has 0 fully saturated rings. The van der Waals surface area contributed by atoms with Crippen LogP contribution in [-0.4, -0.2) is 0 Å². The van der Waals surface area contributed by atoms with Crippen LogP contribution in [0.5, 0.6) is 0 Å². The van der Waals surface area contributed by atoms with Crippen LogP contribution in [0.15, 0.2) is 12.1 Å². The van der Waals surface area contributed by atoms with E-state index in [1.54, 1.807) is 6.92 Å². The molecule has 1 atom stereocenters. The number of rotatable bonds is 2. The van der Waals surface area contributed by atoms with Gasteiger partial charge in [0.2, 0.25) is 0 Å². The van der Waals surface area contributed by atoms with Gasteiger partial charge in [0.1, 0.15) is 17.3 Å². The number of nitrogens with two attached hydrogens (primary N) is 1. The predicted molar refractivity (Wildman–Crippen MR) is 49.4 cm³/mol. The van der Waals surface area contributed by atoms with Gasteiger partial charge in [-0.05, 0) is 24.1 Å². The minimum Gasteiger partial charge on any atom is -0.394 e. The summed E-state index contributed by atoms with van der Waals surface area (Å²) in [5.41, 5.74) is 4.93. The van der Waals surface area contributed by atoms with Gasteiger partial charge in [0, 0.05) is 0 Å². The molecule has 1 aromatic rings. The summed E-state index contributed by atoms with van der Waals surface area (Å²) in [5, 5.41) is 8.70. The number of benzene rings is 1. The molecule has 14 heavy (non-hydrogen) atoms. The van der Waals surface area contributed by atoms with E-state index in [2.05, 4.69) is 0 Å². The number of anilines is 1. The first-order valence-corrected chi connectivity index (χ1v) is 4.24. The average Bonchev–Trinajstić information content (AvgIpc) is 2.16. The van der Waals surface area contributed by atoms with E-state index < -0.39 is 23.2 Å². The zero-order chi connectivity index (χ0) is 10.7. The number of halogens is 2. The molecule has 1 unspecified atom stereocenters. The van der Waals surface area contributed by atoms with Crippen LogP contribution in [0.25, 0.3) is 0 Å². The number of hydrogen-bond acceptors (Lipinski definition) is 2. The Morgan fingerprint density at radius 1 is 1.43 bits per heavy atom. The second-order valence-electron chi connectivity index (χ2n) is 2.99. The standard InChI is InChI=1S/C10H10F2N2/c1-2-6(5-13)7-3-8(11)10(14)9(12)4-7/h3-4,6H,2,14H2,1H3. The van der Waals surface area contributed by atoms with Crippen molar-refractivity contribution in [2.75, 3.05) is 5.73 Å². The average molecular weight is 196 g/mol. The van der Waals surface area contributed by atoms with Crippen molar-refractivity contribution in [1.29, 1.82) is 5.26 Å².